The van der Waals surface area contributed by atoms with E-state index >= 15 is 0 Å². The van der Waals surface area contributed by atoms with Crippen molar-refractivity contribution < 1.29 is 19.0 Å². The van der Waals surface area contributed by atoms with Gasteiger partial charge >= 0.3 is 5.97 Å². The number of rotatable bonds is 15. The van der Waals surface area contributed by atoms with Crippen LogP contribution in [0.25, 0.3) is 28.0 Å². The number of hydrogen-bond acceptors (Lipinski definition) is 8. The van der Waals surface area contributed by atoms with E-state index in [0.29, 0.717) is 26.7 Å². The Bertz CT molecular complexity index is 1700. The summed E-state index contributed by atoms with van der Waals surface area (Å²) < 4.78 is 20.4. The molecule has 4 aromatic rings. The fourth-order valence-electron chi connectivity index (χ4n) is 6.22. The Kier molecular flexibility index (Phi) is 12.6. The van der Waals surface area contributed by atoms with Gasteiger partial charge in [0.15, 0.2) is 5.65 Å². The van der Waals surface area contributed by atoms with Gasteiger partial charge in [0.25, 0.3) is 0 Å². The van der Waals surface area contributed by atoms with E-state index in [2.05, 4.69) is 74.5 Å². The molecule has 0 bridgehead atoms. The standard InChI is InChI=1S/C40H59N5O4Si2/c1-40(2,3)49-39(46)32-17-15-31(16-18-32)36-25-37(44(28-47-21-23-50(4,5)6)29-48-22-24-51(7,8)9)45-38(43-36)34(27-42-45)33-19-20-35(41-26-33)30-13-11-10-12-14-30/h10-14,19-20,25-27,31-32H,15-18,21-24,28-29H2,1-9H3/t31-,32-. The Hall–Kier alpha value is -3.39. The predicted molar refractivity (Wildman–Crippen MR) is 213 cm³/mol. The zero-order chi connectivity index (χ0) is 36.8. The van der Waals surface area contributed by atoms with Crippen molar-refractivity contribution in [2.75, 3.05) is 31.6 Å². The number of aromatic nitrogens is 4. The van der Waals surface area contributed by atoms with Crippen molar-refractivity contribution >= 4 is 33.6 Å². The quantitative estimate of drug-likeness (QED) is 0.0517. The number of esters is 1. The molecule has 0 saturated heterocycles. The first-order valence-electron chi connectivity index (χ1n) is 18.6. The number of anilines is 1. The molecule has 0 aliphatic heterocycles. The maximum atomic E-state index is 12.9. The molecule has 0 atom stereocenters. The smallest absolute Gasteiger partial charge is 0.309 e. The van der Waals surface area contributed by atoms with Crippen LogP contribution in [0.15, 0.2) is 60.9 Å². The number of pyridine rings is 1. The first-order chi connectivity index (χ1) is 24.1. The maximum Gasteiger partial charge on any atom is 0.309 e. The topological polar surface area (TPSA) is 91.1 Å². The third-order valence-electron chi connectivity index (χ3n) is 9.31. The highest BCUT2D eigenvalue weighted by Crippen LogP contribution is 2.38. The van der Waals surface area contributed by atoms with E-state index in [9.17, 15) is 4.79 Å². The average molecular weight is 730 g/mol. The molecule has 0 radical (unpaired) electrons. The lowest BCUT2D eigenvalue weighted by molar-refractivity contribution is -0.161. The van der Waals surface area contributed by atoms with E-state index < -0.39 is 21.7 Å². The Balaban J connectivity index is 1.49. The van der Waals surface area contributed by atoms with Gasteiger partial charge in [0, 0.05) is 69.9 Å². The van der Waals surface area contributed by atoms with Crippen LogP contribution in [-0.4, -0.2) is 74.0 Å². The van der Waals surface area contributed by atoms with Crippen molar-refractivity contribution in [3.8, 4) is 22.4 Å². The number of fused-ring (bicyclic) bond motifs is 1. The SMILES string of the molecule is CC(C)(C)OC(=O)[C@H]1CC[C@H](c2cc(N(COCC[Si](C)(C)C)COCC[Si](C)(C)C)n3ncc(-c4ccc(-c5ccccc5)nc4)c3n2)CC1. The second-order valence-electron chi connectivity index (χ2n) is 17.4. The molecule has 1 aliphatic rings. The summed E-state index contributed by atoms with van der Waals surface area (Å²) in [6.07, 6.45) is 7.09. The summed E-state index contributed by atoms with van der Waals surface area (Å²) in [6.45, 7) is 22.2. The highest BCUT2D eigenvalue weighted by atomic mass is 28.3. The highest BCUT2D eigenvalue weighted by Gasteiger charge is 2.32. The van der Waals surface area contributed by atoms with Gasteiger partial charge in [-0.25, -0.2) is 4.98 Å². The van der Waals surface area contributed by atoms with Gasteiger partial charge in [0.05, 0.1) is 17.8 Å². The molecule has 1 aromatic carbocycles. The Morgan fingerprint density at radius 3 is 2.02 bits per heavy atom. The van der Waals surface area contributed by atoms with Crippen molar-refractivity contribution in [2.24, 2.45) is 5.92 Å². The van der Waals surface area contributed by atoms with Crippen LogP contribution in [0.1, 0.15) is 58.1 Å². The van der Waals surface area contributed by atoms with E-state index in [4.69, 9.17) is 29.3 Å². The fraction of sp³-hybridized carbons (Fsp3) is 0.550. The number of carbonyl (C=O) groups is 1. The first kappa shape index (κ1) is 38.8. The number of ether oxygens (including phenoxy) is 3. The highest BCUT2D eigenvalue weighted by molar-refractivity contribution is 6.76. The Morgan fingerprint density at radius 2 is 1.47 bits per heavy atom. The van der Waals surface area contributed by atoms with Crippen molar-refractivity contribution in [3.05, 3.63) is 66.6 Å². The minimum Gasteiger partial charge on any atom is -0.460 e. The van der Waals surface area contributed by atoms with Crippen molar-refractivity contribution in [2.45, 2.75) is 109 Å². The minimum absolute atomic E-state index is 0.0839. The van der Waals surface area contributed by atoms with Gasteiger partial charge in [-0.1, -0.05) is 75.7 Å². The fourth-order valence-corrected chi connectivity index (χ4v) is 7.74. The van der Waals surface area contributed by atoms with Gasteiger partial charge in [-0.15, -0.1) is 0 Å². The van der Waals surface area contributed by atoms with Crippen LogP contribution in [0, 0.1) is 5.92 Å². The third-order valence-corrected chi connectivity index (χ3v) is 12.7. The van der Waals surface area contributed by atoms with Gasteiger partial charge in [0.2, 0.25) is 0 Å². The van der Waals surface area contributed by atoms with Crippen LogP contribution < -0.4 is 4.90 Å². The summed E-state index contributed by atoms with van der Waals surface area (Å²) in [7, 11) is -2.52. The molecule has 0 unspecified atom stereocenters. The molecular weight excluding hydrogens is 671 g/mol. The second-order valence-corrected chi connectivity index (χ2v) is 28.7. The minimum atomic E-state index is -1.26. The first-order valence-corrected chi connectivity index (χ1v) is 26.0. The summed E-state index contributed by atoms with van der Waals surface area (Å²) >= 11 is 0. The molecule has 1 aliphatic carbocycles. The molecule has 1 saturated carbocycles. The third kappa shape index (κ3) is 11.3. The van der Waals surface area contributed by atoms with Crippen LogP contribution in [0.2, 0.25) is 51.4 Å². The maximum absolute atomic E-state index is 12.9. The van der Waals surface area contributed by atoms with Crippen LogP contribution in [-0.2, 0) is 19.0 Å². The van der Waals surface area contributed by atoms with E-state index in [0.717, 1.165) is 77.3 Å². The average Bonchev–Trinajstić information content (AvgIpc) is 3.50. The molecule has 11 heteroatoms. The van der Waals surface area contributed by atoms with Crippen LogP contribution in [0.5, 0.6) is 0 Å². The van der Waals surface area contributed by atoms with Crippen molar-refractivity contribution in [1.29, 1.82) is 0 Å². The summed E-state index contributed by atoms with van der Waals surface area (Å²) in [5.74, 6) is 0.924. The molecule has 0 spiro atoms. The van der Waals surface area contributed by atoms with Gasteiger partial charge in [0.1, 0.15) is 24.9 Å². The summed E-state index contributed by atoms with van der Waals surface area (Å²) in [6, 6.07) is 18.7. The number of benzene rings is 1. The normalized spacial score (nSPS) is 17.1. The van der Waals surface area contributed by atoms with Crippen LogP contribution in [0.4, 0.5) is 5.82 Å². The van der Waals surface area contributed by atoms with Gasteiger partial charge in [-0.3, -0.25) is 9.78 Å². The monoisotopic (exact) mass is 729 g/mol. The summed E-state index contributed by atoms with van der Waals surface area (Å²) in [5.41, 5.74) is 5.17. The summed E-state index contributed by atoms with van der Waals surface area (Å²) in [5, 5.41) is 4.91. The van der Waals surface area contributed by atoms with Crippen LogP contribution in [0.3, 0.4) is 0 Å². The molecule has 3 aromatic heterocycles. The zero-order valence-corrected chi connectivity index (χ0v) is 34.4. The Labute approximate surface area is 307 Å². The summed E-state index contributed by atoms with van der Waals surface area (Å²) in [4.78, 5) is 25.2. The lowest BCUT2D eigenvalue weighted by Crippen LogP contribution is -2.33. The van der Waals surface area contributed by atoms with E-state index in [1.165, 1.54) is 0 Å². The lowest BCUT2D eigenvalue weighted by Gasteiger charge is -2.31. The molecule has 1 fully saturated rings. The zero-order valence-electron chi connectivity index (χ0n) is 32.4. The van der Waals surface area contributed by atoms with E-state index in [1.807, 2.05) is 55.9 Å². The lowest BCUT2D eigenvalue weighted by atomic mass is 9.80. The molecule has 3 heterocycles. The molecule has 51 heavy (non-hydrogen) atoms. The van der Waals surface area contributed by atoms with Crippen molar-refractivity contribution in [1.82, 2.24) is 19.6 Å². The van der Waals surface area contributed by atoms with Crippen molar-refractivity contribution in [3.63, 3.8) is 0 Å². The predicted octanol–water partition coefficient (Wildman–Crippen LogP) is 9.50. The molecule has 0 N–H and O–H groups in total. The van der Waals surface area contributed by atoms with E-state index in [1.54, 1.807) is 0 Å². The molecule has 276 valence electrons. The second kappa shape index (κ2) is 16.5. The number of carbonyl (C=O) groups excluding carboxylic acids is 1. The largest absolute Gasteiger partial charge is 0.460 e. The number of nitrogens with zero attached hydrogens (tertiary/aromatic N) is 5. The number of hydrogen-bond donors (Lipinski definition) is 0. The van der Waals surface area contributed by atoms with Gasteiger partial charge < -0.3 is 19.1 Å². The molecule has 9 nitrogen and oxygen atoms in total. The van der Waals surface area contributed by atoms with Gasteiger partial charge in [-0.05, 0) is 64.6 Å². The van der Waals surface area contributed by atoms with Gasteiger partial charge in [-0.2, -0.15) is 9.61 Å². The molecule has 5 rings (SSSR count). The Morgan fingerprint density at radius 1 is 0.843 bits per heavy atom. The molecular formula is C40H59N5O4Si2. The molecule has 0 amide bonds. The van der Waals surface area contributed by atoms with Crippen LogP contribution >= 0.6 is 0 Å². The van der Waals surface area contributed by atoms with E-state index in [-0.39, 0.29) is 17.8 Å².